The summed E-state index contributed by atoms with van der Waals surface area (Å²) in [6, 6.07) is 0. The van der Waals surface area contributed by atoms with Crippen LogP contribution in [0.2, 0.25) is 0 Å². The largest absolute Gasteiger partial charge is 0.469 e. The van der Waals surface area contributed by atoms with E-state index in [4.69, 9.17) is 9.47 Å². The molecule has 7 atom stereocenters. The molecule has 2 saturated carbocycles. The first-order chi connectivity index (χ1) is 14.9. The average molecular weight is 445 g/mol. The Morgan fingerprint density at radius 2 is 1.88 bits per heavy atom. The molecule has 1 spiro atoms. The number of cyclic esters (lactones) is 1. The van der Waals surface area contributed by atoms with E-state index in [1.807, 2.05) is 13.8 Å². The van der Waals surface area contributed by atoms with E-state index >= 15 is 0 Å². The van der Waals surface area contributed by atoms with E-state index in [9.17, 15) is 24.0 Å². The second kappa shape index (κ2) is 7.35. The zero-order valence-corrected chi connectivity index (χ0v) is 19.5. The van der Waals surface area contributed by atoms with E-state index in [1.165, 1.54) is 7.11 Å². The quantitative estimate of drug-likeness (QED) is 0.617. The van der Waals surface area contributed by atoms with Gasteiger partial charge in [0.1, 0.15) is 11.6 Å². The van der Waals surface area contributed by atoms with Gasteiger partial charge in [-0.1, -0.05) is 26.3 Å². The molecule has 7 heteroatoms. The smallest absolute Gasteiger partial charge is 0.306 e. The van der Waals surface area contributed by atoms with Crippen molar-refractivity contribution in [3.8, 4) is 0 Å². The first-order valence-electron chi connectivity index (χ1n) is 11.4. The molecule has 0 radical (unpaired) electrons. The van der Waals surface area contributed by atoms with Crippen LogP contribution >= 0.6 is 0 Å². The van der Waals surface area contributed by atoms with E-state index in [2.05, 4.69) is 0 Å². The van der Waals surface area contributed by atoms with Gasteiger partial charge in [-0.2, -0.15) is 0 Å². The molecular weight excluding hydrogens is 412 g/mol. The van der Waals surface area contributed by atoms with Crippen LogP contribution in [-0.4, -0.2) is 43.0 Å². The highest BCUT2D eigenvalue weighted by molar-refractivity contribution is 6.02. The molecule has 0 N–H and O–H groups in total. The van der Waals surface area contributed by atoms with Crippen molar-refractivity contribution >= 4 is 29.3 Å². The number of esters is 2. The molecule has 0 amide bonds. The summed E-state index contributed by atoms with van der Waals surface area (Å²) in [5, 5.41) is 0. The Morgan fingerprint density at radius 3 is 2.47 bits per heavy atom. The van der Waals surface area contributed by atoms with Gasteiger partial charge in [0, 0.05) is 41.4 Å². The van der Waals surface area contributed by atoms with Crippen molar-refractivity contribution < 1.29 is 33.4 Å². The predicted octanol–water partition coefficient (Wildman–Crippen LogP) is 2.84. The molecule has 3 fully saturated rings. The molecule has 1 heterocycles. The van der Waals surface area contributed by atoms with E-state index in [0.717, 1.165) is 5.57 Å². The number of fused-ring (bicyclic) bond motifs is 4. The summed E-state index contributed by atoms with van der Waals surface area (Å²) in [4.78, 5) is 65.2. The molecule has 174 valence electrons. The third kappa shape index (κ3) is 2.88. The Hall–Kier alpha value is -2.31. The van der Waals surface area contributed by atoms with Crippen molar-refractivity contribution in [1.82, 2.24) is 0 Å². The van der Waals surface area contributed by atoms with Gasteiger partial charge in [0.15, 0.2) is 5.78 Å². The monoisotopic (exact) mass is 444 g/mol. The van der Waals surface area contributed by atoms with Crippen LogP contribution in [0.15, 0.2) is 11.6 Å². The van der Waals surface area contributed by atoms with Crippen molar-refractivity contribution in [2.45, 2.75) is 59.8 Å². The van der Waals surface area contributed by atoms with E-state index in [1.54, 1.807) is 19.9 Å². The molecule has 0 aromatic heterocycles. The van der Waals surface area contributed by atoms with Crippen LogP contribution in [0.5, 0.6) is 0 Å². The van der Waals surface area contributed by atoms with E-state index in [-0.39, 0.29) is 55.6 Å². The highest BCUT2D eigenvalue weighted by Crippen LogP contribution is 2.69. The lowest BCUT2D eigenvalue weighted by Crippen LogP contribution is -2.69. The Morgan fingerprint density at radius 1 is 1.19 bits per heavy atom. The van der Waals surface area contributed by atoms with Gasteiger partial charge in [-0.3, -0.25) is 24.0 Å². The number of methoxy groups -OCH3 is 1. The first kappa shape index (κ1) is 22.9. The number of Topliss-reactive ketones (excluding diaryl/α,β-unsaturated/α-hetero) is 2. The fourth-order valence-corrected chi connectivity index (χ4v) is 7.51. The third-order valence-corrected chi connectivity index (χ3v) is 9.29. The number of hydrogen-bond acceptors (Lipinski definition) is 7. The highest BCUT2D eigenvalue weighted by atomic mass is 16.5. The minimum atomic E-state index is -1.08. The number of ketones is 3. The number of ether oxygens (including phenoxy) is 2. The molecule has 4 rings (SSSR count). The summed E-state index contributed by atoms with van der Waals surface area (Å²) >= 11 is 0. The Kier molecular flexibility index (Phi) is 5.26. The Bertz CT molecular complexity index is 948. The predicted molar refractivity (Wildman–Crippen MR) is 113 cm³/mol. The van der Waals surface area contributed by atoms with Crippen LogP contribution < -0.4 is 0 Å². The Balaban J connectivity index is 1.87. The van der Waals surface area contributed by atoms with Crippen LogP contribution in [0.3, 0.4) is 0 Å². The minimum absolute atomic E-state index is 0.0197. The van der Waals surface area contributed by atoms with Gasteiger partial charge in [-0.25, -0.2) is 0 Å². The van der Waals surface area contributed by atoms with Crippen molar-refractivity contribution in [3.63, 3.8) is 0 Å². The molecule has 7 nitrogen and oxygen atoms in total. The van der Waals surface area contributed by atoms with Crippen LogP contribution in [-0.2, 0) is 33.4 Å². The van der Waals surface area contributed by atoms with Crippen molar-refractivity contribution in [2.75, 3.05) is 13.7 Å². The summed E-state index contributed by atoms with van der Waals surface area (Å²) in [5.41, 5.74) is -1.91. The normalized spacial score (nSPS) is 43.5. The van der Waals surface area contributed by atoms with Crippen molar-refractivity contribution in [2.24, 2.45) is 39.9 Å². The molecule has 0 aromatic rings. The number of carbonyl (C=O) groups excluding carboxylic acids is 5. The summed E-state index contributed by atoms with van der Waals surface area (Å²) in [7, 11) is 1.30. The molecule has 4 aliphatic rings. The molecule has 1 saturated heterocycles. The van der Waals surface area contributed by atoms with Crippen LogP contribution in [0.4, 0.5) is 0 Å². The number of hydrogen-bond donors (Lipinski definition) is 0. The third-order valence-electron chi connectivity index (χ3n) is 9.29. The average Bonchev–Trinajstić information content (AvgIpc) is 3.11. The summed E-state index contributed by atoms with van der Waals surface area (Å²) in [6.45, 7) is 7.43. The summed E-state index contributed by atoms with van der Waals surface area (Å²) < 4.78 is 10.2. The molecular formula is C25H32O7. The maximum atomic E-state index is 14.0. The molecule has 1 aliphatic heterocycles. The molecule has 0 bridgehead atoms. The second-order valence-electron chi connectivity index (χ2n) is 10.9. The lowest BCUT2D eigenvalue weighted by Gasteiger charge is -2.64. The lowest BCUT2D eigenvalue weighted by molar-refractivity contribution is -0.195. The summed E-state index contributed by atoms with van der Waals surface area (Å²) in [5.74, 6) is -2.74. The van der Waals surface area contributed by atoms with Crippen LogP contribution in [0.1, 0.15) is 59.8 Å². The highest BCUT2D eigenvalue weighted by Gasteiger charge is 2.74. The topological polar surface area (TPSA) is 104 Å². The second-order valence-corrected chi connectivity index (χ2v) is 10.9. The maximum Gasteiger partial charge on any atom is 0.306 e. The standard InChI is InChI=1S/C25H32O7/c1-13-8-15-20(16(26)9-13)14(2)21(30)22-23(15,3)10-17(27)24(4,7-6-18(28)31-5)25(22)11-19(29)32-12-25/h9,14-15,20,22H,6-8,10-12H2,1-5H3/t14-,15-,20+,22+,23+,24-,25-/m1/s1. The first-order valence-corrected chi connectivity index (χ1v) is 11.4. The van der Waals surface area contributed by atoms with Crippen LogP contribution in [0.25, 0.3) is 0 Å². The zero-order chi connectivity index (χ0) is 23.6. The van der Waals surface area contributed by atoms with Gasteiger partial charge in [0.05, 0.1) is 20.1 Å². The maximum absolute atomic E-state index is 14.0. The van der Waals surface area contributed by atoms with E-state index in [0.29, 0.717) is 6.42 Å². The molecule has 0 unspecified atom stereocenters. The number of carbonyl (C=O) groups is 5. The summed E-state index contributed by atoms with van der Waals surface area (Å²) in [6.07, 6.45) is 2.61. The zero-order valence-electron chi connectivity index (χ0n) is 19.5. The van der Waals surface area contributed by atoms with E-state index < -0.39 is 45.9 Å². The number of allylic oxidation sites excluding steroid dienone is 2. The van der Waals surface area contributed by atoms with Crippen molar-refractivity contribution in [3.05, 3.63) is 11.6 Å². The van der Waals surface area contributed by atoms with Gasteiger partial charge in [0.2, 0.25) is 0 Å². The SMILES string of the molecule is COC(=O)CC[C@]1(C)C(=O)C[C@@]2(C)[C@@H]3CC(C)=CC(=O)[C@H]3[C@@H](C)C(=O)[C@@H]2[C@@]12COC(=O)C2. The van der Waals surface area contributed by atoms with Gasteiger partial charge >= 0.3 is 11.9 Å². The van der Waals surface area contributed by atoms with Gasteiger partial charge in [0.25, 0.3) is 0 Å². The number of rotatable bonds is 3. The van der Waals surface area contributed by atoms with Crippen molar-refractivity contribution in [1.29, 1.82) is 0 Å². The van der Waals surface area contributed by atoms with Gasteiger partial charge in [-0.05, 0) is 37.2 Å². The Labute approximate surface area is 188 Å². The minimum Gasteiger partial charge on any atom is -0.469 e. The molecule has 32 heavy (non-hydrogen) atoms. The fourth-order valence-electron chi connectivity index (χ4n) is 7.51. The van der Waals surface area contributed by atoms with Crippen LogP contribution in [0, 0.1) is 39.9 Å². The lowest BCUT2D eigenvalue weighted by atomic mass is 9.36. The van der Waals surface area contributed by atoms with Gasteiger partial charge < -0.3 is 9.47 Å². The molecule has 0 aromatic carbocycles. The molecule has 3 aliphatic carbocycles. The van der Waals surface area contributed by atoms with Gasteiger partial charge in [-0.15, -0.1) is 0 Å². The fraction of sp³-hybridized carbons (Fsp3) is 0.720.